The number of alkyl halides is 1. The van der Waals surface area contributed by atoms with E-state index < -0.39 is 15.6 Å². The first-order valence-corrected chi connectivity index (χ1v) is 10.3. The number of aromatic nitrogens is 2. The van der Waals surface area contributed by atoms with Crippen molar-refractivity contribution in [3.8, 4) is 11.1 Å². The summed E-state index contributed by atoms with van der Waals surface area (Å²) in [5, 5.41) is 0. The first kappa shape index (κ1) is 17.8. The third-order valence-electron chi connectivity index (χ3n) is 4.43. The third-order valence-corrected chi connectivity index (χ3v) is 6.41. The molecule has 1 aliphatic rings. The van der Waals surface area contributed by atoms with Gasteiger partial charge in [0, 0.05) is 48.5 Å². The van der Waals surface area contributed by atoms with Crippen LogP contribution in [0.4, 0.5) is 5.82 Å². The Morgan fingerprint density at radius 2 is 1.93 bits per heavy atom. The molecule has 1 aliphatic heterocycles. The highest BCUT2D eigenvalue weighted by Gasteiger charge is 2.30. The second-order valence-electron chi connectivity index (χ2n) is 6.26. The predicted octanol–water partition coefficient (Wildman–Crippen LogP) is 3.32. The van der Waals surface area contributed by atoms with Crippen molar-refractivity contribution in [2.24, 2.45) is 4.99 Å². The predicted molar refractivity (Wildman–Crippen MR) is 108 cm³/mol. The van der Waals surface area contributed by atoms with Gasteiger partial charge in [-0.25, -0.2) is 12.4 Å². The standard InChI is InChI=1S/C19H17ClN4O2S/c1-23-18-16(11-22-19(23)20)17(15-8-5-9-21-10-15)12-24(18)27(25,26)13-14-6-3-2-4-7-14/h2-12,19H,13H2,1H3. The van der Waals surface area contributed by atoms with E-state index in [1.165, 1.54) is 3.97 Å². The number of hydrogen-bond acceptors (Lipinski definition) is 5. The molecule has 0 bridgehead atoms. The molecule has 0 radical (unpaired) electrons. The van der Waals surface area contributed by atoms with Gasteiger partial charge in [0.15, 0.2) is 5.62 Å². The number of anilines is 1. The van der Waals surface area contributed by atoms with Gasteiger partial charge in [0.1, 0.15) is 5.82 Å². The first-order chi connectivity index (χ1) is 13.0. The van der Waals surface area contributed by atoms with E-state index >= 15 is 0 Å². The van der Waals surface area contributed by atoms with Gasteiger partial charge in [-0.2, -0.15) is 0 Å². The van der Waals surface area contributed by atoms with Crippen molar-refractivity contribution in [2.45, 2.75) is 11.4 Å². The van der Waals surface area contributed by atoms with E-state index in [9.17, 15) is 8.42 Å². The van der Waals surface area contributed by atoms with Crippen LogP contribution in [0.2, 0.25) is 0 Å². The highest BCUT2D eigenvalue weighted by molar-refractivity contribution is 7.89. The van der Waals surface area contributed by atoms with Gasteiger partial charge in [-0.3, -0.25) is 9.98 Å². The van der Waals surface area contributed by atoms with Crippen LogP contribution in [-0.4, -0.2) is 36.3 Å². The molecule has 3 aromatic rings. The van der Waals surface area contributed by atoms with Gasteiger partial charge >= 0.3 is 0 Å². The van der Waals surface area contributed by atoms with E-state index in [-0.39, 0.29) is 5.75 Å². The van der Waals surface area contributed by atoms with E-state index in [4.69, 9.17) is 11.6 Å². The maximum Gasteiger partial charge on any atom is 0.244 e. The lowest BCUT2D eigenvalue weighted by atomic mass is 10.1. The zero-order chi connectivity index (χ0) is 19.0. The Balaban J connectivity index is 1.88. The normalized spacial score (nSPS) is 16.4. The van der Waals surface area contributed by atoms with Crippen LogP contribution < -0.4 is 4.90 Å². The number of aliphatic imine (C=N–C) groups is 1. The summed E-state index contributed by atoms with van der Waals surface area (Å²) in [6.45, 7) is 0. The quantitative estimate of drug-likeness (QED) is 0.497. The molecule has 1 unspecified atom stereocenters. The summed E-state index contributed by atoms with van der Waals surface area (Å²) < 4.78 is 27.7. The molecule has 0 fully saturated rings. The molecule has 1 atom stereocenters. The molecule has 27 heavy (non-hydrogen) atoms. The molecule has 2 aromatic heterocycles. The van der Waals surface area contributed by atoms with E-state index in [1.54, 1.807) is 48.9 Å². The molecule has 3 heterocycles. The number of nitrogens with zero attached hydrogens (tertiary/aromatic N) is 4. The Morgan fingerprint density at radius 3 is 2.63 bits per heavy atom. The molecule has 0 saturated carbocycles. The highest BCUT2D eigenvalue weighted by atomic mass is 35.5. The smallest absolute Gasteiger partial charge is 0.244 e. The largest absolute Gasteiger partial charge is 0.325 e. The molecule has 0 N–H and O–H groups in total. The summed E-state index contributed by atoms with van der Waals surface area (Å²) >= 11 is 6.24. The molecule has 0 amide bonds. The fraction of sp³-hybridized carbons (Fsp3) is 0.158. The van der Waals surface area contributed by atoms with Gasteiger partial charge in [-0.15, -0.1) is 0 Å². The topological polar surface area (TPSA) is 67.6 Å². The van der Waals surface area contributed by atoms with Crippen LogP contribution in [0.1, 0.15) is 11.1 Å². The Hall–Kier alpha value is -2.64. The van der Waals surface area contributed by atoms with E-state index in [2.05, 4.69) is 9.98 Å². The number of pyridine rings is 1. The second-order valence-corrected chi connectivity index (χ2v) is 8.50. The van der Waals surface area contributed by atoms with Crippen molar-refractivity contribution in [3.05, 3.63) is 72.2 Å². The number of halogens is 1. The molecule has 0 aliphatic carbocycles. The second kappa shape index (κ2) is 6.83. The lowest BCUT2D eigenvalue weighted by molar-refractivity contribution is 0.586. The van der Waals surface area contributed by atoms with Crippen LogP contribution >= 0.6 is 11.6 Å². The van der Waals surface area contributed by atoms with E-state index in [0.29, 0.717) is 11.4 Å². The minimum Gasteiger partial charge on any atom is -0.325 e. The molecular formula is C19H17ClN4O2S. The summed E-state index contributed by atoms with van der Waals surface area (Å²) in [5.41, 5.74) is 2.32. The maximum atomic E-state index is 13.2. The SMILES string of the molecule is CN1c2c(c(-c3cccnc3)cn2S(=O)(=O)Cc2ccccc2)C=NC1Cl. The lowest BCUT2D eigenvalue weighted by Crippen LogP contribution is -2.32. The van der Waals surface area contributed by atoms with Crippen molar-refractivity contribution < 1.29 is 8.42 Å². The molecular weight excluding hydrogens is 384 g/mol. The van der Waals surface area contributed by atoms with Gasteiger partial charge in [0.05, 0.1) is 5.75 Å². The zero-order valence-corrected chi connectivity index (χ0v) is 16.1. The van der Waals surface area contributed by atoms with Crippen molar-refractivity contribution in [3.63, 3.8) is 0 Å². The summed E-state index contributed by atoms with van der Waals surface area (Å²) in [6.07, 6.45) is 6.62. The Bertz CT molecular complexity index is 1100. The van der Waals surface area contributed by atoms with Crippen LogP contribution in [0.15, 0.2) is 66.0 Å². The third kappa shape index (κ3) is 3.24. The van der Waals surface area contributed by atoms with Crippen LogP contribution in [0, 0.1) is 0 Å². The number of hydrogen-bond donors (Lipinski definition) is 0. The van der Waals surface area contributed by atoms with Crippen LogP contribution in [-0.2, 0) is 15.8 Å². The van der Waals surface area contributed by atoms with Gasteiger partial charge in [0.25, 0.3) is 0 Å². The van der Waals surface area contributed by atoms with E-state index in [0.717, 1.165) is 16.7 Å². The molecule has 8 heteroatoms. The lowest BCUT2D eigenvalue weighted by Gasteiger charge is -2.27. The fourth-order valence-corrected chi connectivity index (χ4v) is 4.77. The molecule has 6 nitrogen and oxygen atoms in total. The molecule has 0 saturated heterocycles. The van der Waals surface area contributed by atoms with Crippen LogP contribution in [0.5, 0.6) is 0 Å². The van der Waals surface area contributed by atoms with Crippen molar-refractivity contribution >= 4 is 33.7 Å². The van der Waals surface area contributed by atoms with Gasteiger partial charge in [-0.05, 0) is 11.6 Å². The molecule has 0 spiro atoms. The average molecular weight is 401 g/mol. The highest BCUT2D eigenvalue weighted by Crippen LogP contribution is 2.37. The Labute approximate surface area is 162 Å². The minimum atomic E-state index is -3.66. The van der Waals surface area contributed by atoms with Crippen molar-refractivity contribution in [2.75, 3.05) is 11.9 Å². The molecule has 138 valence electrons. The number of rotatable bonds is 4. The van der Waals surface area contributed by atoms with Gasteiger partial charge < -0.3 is 4.90 Å². The van der Waals surface area contributed by atoms with E-state index in [1.807, 2.05) is 30.3 Å². The fourth-order valence-electron chi connectivity index (χ4n) is 3.12. The monoisotopic (exact) mass is 400 g/mol. The summed E-state index contributed by atoms with van der Waals surface area (Å²) in [7, 11) is -1.93. The Morgan fingerprint density at radius 1 is 1.15 bits per heavy atom. The number of fused-ring (bicyclic) bond motifs is 1. The number of benzene rings is 1. The zero-order valence-electron chi connectivity index (χ0n) is 14.5. The molecule has 1 aromatic carbocycles. The summed E-state index contributed by atoms with van der Waals surface area (Å²) in [6, 6.07) is 12.8. The van der Waals surface area contributed by atoms with Gasteiger partial charge in [0.2, 0.25) is 10.0 Å². The first-order valence-electron chi connectivity index (χ1n) is 8.30. The van der Waals surface area contributed by atoms with Crippen molar-refractivity contribution in [1.82, 2.24) is 8.96 Å². The van der Waals surface area contributed by atoms with Crippen molar-refractivity contribution in [1.29, 1.82) is 0 Å². The molecule has 4 rings (SSSR count). The average Bonchev–Trinajstić information content (AvgIpc) is 3.07. The maximum absolute atomic E-state index is 13.2. The van der Waals surface area contributed by atoms with Crippen LogP contribution in [0.25, 0.3) is 11.1 Å². The Kier molecular flexibility index (Phi) is 4.49. The minimum absolute atomic E-state index is 0.112. The van der Waals surface area contributed by atoms with Crippen LogP contribution in [0.3, 0.4) is 0 Å². The van der Waals surface area contributed by atoms with Gasteiger partial charge in [-0.1, -0.05) is 48.0 Å². The summed E-state index contributed by atoms with van der Waals surface area (Å²) in [4.78, 5) is 10.0. The summed E-state index contributed by atoms with van der Waals surface area (Å²) in [5.74, 6) is 0.388.